The molecule has 0 saturated heterocycles. The van der Waals surface area contributed by atoms with Crippen LogP contribution in [0.2, 0.25) is 5.02 Å². The minimum Gasteiger partial charge on any atom is -0.368 e. The summed E-state index contributed by atoms with van der Waals surface area (Å²) in [4.78, 5) is 24.8. The zero-order chi connectivity index (χ0) is 20.1. The van der Waals surface area contributed by atoms with E-state index < -0.39 is 0 Å². The van der Waals surface area contributed by atoms with Crippen molar-refractivity contribution in [3.8, 4) is 5.82 Å². The van der Waals surface area contributed by atoms with Crippen molar-refractivity contribution in [3.05, 3.63) is 58.9 Å². The number of carbonyl (C=O) groups is 1. The highest BCUT2D eigenvalue weighted by Gasteiger charge is 2.07. The first-order valence-electron chi connectivity index (χ1n) is 8.82. The Kier molecular flexibility index (Phi) is 6.10. The fourth-order valence-electron chi connectivity index (χ4n) is 2.56. The smallest absolute Gasteiger partial charge is 0.319 e. The molecule has 3 N–H and O–H groups in total. The molecule has 0 unspecified atom stereocenters. The normalized spacial score (nSPS) is 10.6. The topological polar surface area (TPSA) is 96.8 Å². The Hall–Kier alpha value is -3.13. The van der Waals surface area contributed by atoms with E-state index in [0.29, 0.717) is 29.6 Å². The number of hydrogen-bond donors (Lipinski definition) is 3. The number of hydrogen-bond acceptors (Lipinski definition) is 5. The van der Waals surface area contributed by atoms with Crippen LogP contribution in [-0.2, 0) is 0 Å². The zero-order valence-corrected chi connectivity index (χ0v) is 16.7. The van der Waals surface area contributed by atoms with Gasteiger partial charge in [-0.15, -0.1) is 0 Å². The van der Waals surface area contributed by atoms with Gasteiger partial charge in [0.1, 0.15) is 24.3 Å². The first-order chi connectivity index (χ1) is 13.4. The first kappa shape index (κ1) is 19.6. The molecule has 0 spiro atoms. The van der Waals surface area contributed by atoms with Crippen LogP contribution in [0, 0.1) is 20.8 Å². The van der Waals surface area contributed by atoms with Crippen LogP contribution in [0.25, 0.3) is 5.82 Å². The van der Waals surface area contributed by atoms with E-state index in [1.165, 1.54) is 6.33 Å². The van der Waals surface area contributed by atoms with Gasteiger partial charge < -0.3 is 16.0 Å². The molecule has 146 valence electrons. The van der Waals surface area contributed by atoms with Gasteiger partial charge in [-0.1, -0.05) is 17.7 Å². The van der Waals surface area contributed by atoms with E-state index in [1.54, 1.807) is 18.5 Å². The Morgan fingerprint density at radius 1 is 1.11 bits per heavy atom. The Labute approximate surface area is 168 Å². The summed E-state index contributed by atoms with van der Waals surface area (Å²) in [5.41, 5.74) is 3.59. The van der Waals surface area contributed by atoms with Gasteiger partial charge in [0.2, 0.25) is 0 Å². The molecular weight excluding hydrogens is 378 g/mol. The lowest BCUT2D eigenvalue weighted by molar-refractivity contribution is 0.252. The highest BCUT2D eigenvalue weighted by molar-refractivity contribution is 6.33. The van der Waals surface area contributed by atoms with Crippen molar-refractivity contribution in [1.82, 2.24) is 24.8 Å². The molecule has 0 bridgehead atoms. The Balaban J connectivity index is 1.49. The van der Waals surface area contributed by atoms with Gasteiger partial charge in [0.05, 0.1) is 16.4 Å². The number of anilines is 2. The van der Waals surface area contributed by atoms with Crippen molar-refractivity contribution in [2.75, 3.05) is 23.7 Å². The van der Waals surface area contributed by atoms with Gasteiger partial charge in [-0.25, -0.2) is 19.7 Å². The molecule has 0 aliphatic heterocycles. The van der Waals surface area contributed by atoms with E-state index in [0.717, 1.165) is 22.8 Å². The molecule has 0 radical (unpaired) electrons. The Morgan fingerprint density at radius 2 is 1.93 bits per heavy atom. The second-order valence-electron chi connectivity index (χ2n) is 6.34. The van der Waals surface area contributed by atoms with Gasteiger partial charge in [0.25, 0.3) is 0 Å². The van der Waals surface area contributed by atoms with E-state index in [2.05, 4.69) is 30.9 Å². The van der Waals surface area contributed by atoms with Gasteiger partial charge in [-0.2, -0.15) is 0 Å². The molecule has 28 heavy (non-hydrogen) atoms. The van der Waals surface area contributed by atoms with Gasteiger partial charge >= 0.3 is 6.03 Å². The van der Waals surface area contributed by atoms with Crippen LogP contribution < -0.4 is 16.0 Å². The predicted molar refractivity (Wildman–Crippen MR) is 110 cm³/mol. The molecule has 3 rings (SSSR count). The molecule has 1 aromatic carbocycles. The van der Waals surface area contributed by atoms with Crippen LogP contribution in [0.1, 0.15) is 17.0 Å². The minimum atomic E-state index is -0.319. The summed E-state index contributed by atoms with van der Waals surface area (Å²) in [5.74, 6) is 1.40. The average molecular weight is 400 g/mol. The number of benzene rings is 1. The SMILES string of the molecule is Cc1ccc(NC(=O)NCCNc2cc(-n3cnc(C)c3C)ncn2)c(Cl)c1. The highest BCUT2D eigenvalue weighted by atomic mass is 35.5. The van der Waals surface area contributed by atoms with Crippen molar-refractivity contribution in [3.63, 3.8) is 0 Å². The number of nitrogens with zero attached hydrogens (tertiary/aromatic N) is 4. The summed E-state index contributed by atoms with van der Waals surface area (Å²) in [6.07, 6.45) is 3.23. The van der Waals surface area contributed by atoms with Crippen molar-refractivity contribution < 1.29 is 4.79 Å². The number of aryl methyl sites for hydroxylation is 2. The van der Waals surface area contributed by atoms with Crippen molar-refractivity contribution in [2.24, 2.45) is 0 Å². The van der Waals surface area contributed by atoms with Gasteiger partial charge in [0.15, 0.2) is 0 Å². The molecule has 2 aromatic heterocycles. The molecule has 9 heteroatoms. The van der Waals surface area contributed by atoms with Gasteiger partial charge in [0, 0.05) is 24.8 Å². The summed E-state index contributed by atoms with van der Waals surface area (Å²) in [6, 6.07) is 6.98. The number of aromatic nitrogens is 4. The number of nitrogens with one attached hydrogen (secondary N) is 3. The maximum Gasteiger partial charge on any atom is 0.319 e. The van der Waals surface area contributed by atoms with Crippen LogP contribution in [0.4, 0.5) is 16.3 Å². The molecule has 0 aliphatic rings. The van der Waals surface area contributed by atoms with Gasteiger partial charge in [-0.05, 0) is 38.5 Å². The molecule has 0 atom stereocenters. The Bertz CT molecular complexity index is 986. The lowest BCUT2D eigenvalue weighted by atomic mass is 10.2. The fourth-order valence-corrected chi connectivity index (χ4v) is 2.84. The molecule has 8 nitrogen and oxygen atoms in total. The van der Waals surface area contributed by atoms with Crippen molar-refractivity contribution >= 4 is 29.1 Å². The Morgan fingerprint density at radius 3 is 2.64 bits per heavy atom. The van der Waals surface area contributed by atoms with Crippen LogP contribution >= 0.6 is 11.6 Å². The number of amides is 2. The molecule has 2 amide bonds. The highest BCUT2D eigenvalue weighted by Crippen LogP contribution is 2.22. The monoisotopic (exact) mass is 399 g/mol. The molecule has 3 aromatic rings. The van der Waals surface area contributed by atoms with Crippen LogP contribution in [0.5, 0.6) is 0 Å². The van der Waals surface area contributed by atoms with Crippen LogP contribution in [0.15, 0.2) is 36.9 Å². The lowest BCUT2D eigenvalue weighted by Crippen LogP contribution is -2.32. The summed E-state index contributed by atoms with van der Waals surface area (Å²) in [6.45, 7) is 6.80. The summed E-state index contributed by atoms with van der Waals surface area (Å²) in [7, 11) is 0. The third-order valence-electron chi connectivity index (χ3n) is 4.24. The number of rotatable bonds is 6. The van der Waals surface area contributed by atoms with Crippen molar-refractivity contribution in [1.29, 1.82) is 0 Å². The summed E-state index contributed by atoms with van der Waals surface area (Å²) >= 11 is 6.12. The minimum absolute atomic E-state index is 0.319. The standard InChI is InChI=1S/C19H22ClN7O/c1-12-4-5-16(15(20)8-12)26-19(28)22-7-6-21-17-9-18(24-10-23-17)27-11-25-13(2)14(27)3/h4-5,8-11H,6-7H2,1-3H3,(H,21,23,24)(H2,22,26,28). The lowest BCUT2D eigenvalue weighted by Gasteiger charge is -2.11. The number of imidazole rings is 1. The predicted octanol–water partition coefficient (Wildman–Crippen LogP) is 3.47. The van der Waals surface area contributed by atoms with Crippen molar-refractivity contribution in [2.45, 2.75) is 20.8 Å². The second kappa shape index (κ2) is 8.71. The second-order valence-corrected chi connectivity index (χ2v) is 6.75. The van der Waals surface area contributed by atoms with E-state index >= 15 is 0 Å². The average Bonchev–Trinajstić information content (AvgIpc) is 3.00. The third kappa shape index (κ3) is 4.77. The number of urea groups is 1. The molecular formula is C19H22ClN7O. The van der Waals surface area contributed by atoms with Crippen LogP contribution in [-0.4, -0.2) is 38.6 Å². The number of halogens is 1. The quantitative estimate of drug-likeness (QED) is 0.551. The molecule has 0 saturated carbocycles. The third-order valence-corrected chi connectivity index (χ3v) is 4.55. The maximum atomic E-state index is 12.0. The first-order valence-corrected chi connectivity index (χ1v) is 9.19. The summed E-state index contributed by atoms with van der Waals surface area (Å²) < 4.78 is 1.90. The maximum absolute atomic E-state index is 12.0. The van der Waals surface area contributed by atoms with E-state index in [9.17, 15) is 4.79 Å². The van der Waals surface area contributed by atoms with Crippen LogP contribution in [0.3, 0.4) is 0 Å². The molecule has 2 heterocycles. The molecule has 0 aliphatic carbocycles. The summed E-state index contributed by atoms with van der Waals surface area (Å²) in [5, 5.41) is 9.17. The zero-order valence-electron chi connectivity index (χ0n) is 16.0. The van der Waals surface area contributed by atoms with E-state index in [-0.39, 0.29) is 6.03 Å². The van der Waals surface area contributed by atoms with E-state index in [1.807, 2.05) is 37.5 Å². The van der Waals surface area contributed by atoms with Gasteiger partial charge in [-0.3, -0.25) is 4.57 Å². The van der Waals surface area contributed by atoms with E-state index in [4.69, 9.17) is 11.6 Å². The molecule has 0 fully saturated rings. The largest absolute Gasteiger partial charge is 0.368 e. The fraction of sp³-hybridized carbons (Fsp3) is 0.263. The number of carbonyl (C=O) groups excluding carboxylic acids is 1.